The van der Waals surface area contributed by atoms with Crippen molar-refractivity contribution in [3.8, 4) is 0 Å². The van der Waals surface area contributed by atoms with Crippen molar-refractivity contribution in [3.63, 3.8) is 0 Å². The Morgan fingerprint density at radius 1 is 1.15 bits per heavy atom. The maximum absolute atomic E-state index is 12.3. The molecule has 1 aliphatic carbocycles. The van der Waals surface area contributed by atoms with Crippen LogP contribution in [0.25, 0.3) is 0 Å². The Morgan fingerprint density at radius 2 is 1.60 bits per heavy atom. The molecule has 20 heavy (non-hydrogen) atoms. The van der Waals surface area contributed by atoms with Crippen molar-refractivity contribution in [3.05, 3.63) is 0 Å². The van der Waals surface area contributed by atoms with Gasteiger partial charge in [0.05, 0.1) is 11.8 Å². The Bertz CT molecular complexity index is 423. The summed E-state index contributed by atoms with van der Waals surface area (Å²) in [7, 11) is 6.20. The predicted octanol–water partition coefficient (Wildman–Crippen LogP) is 0.766. The van der Waals surface area contributed by atoms with E-state index in [1.165, 1.54) is 19.0 Å². The number of urea groups is 1. The molecule has 2 aliphatic rings. The van der Waals surface area contributed by atoms with Gasteiger partial charge in [-0.15, -0.1) is 0 Å². The van der Waals surface area contributed by atoms with Gasteiger partial charge in [0.15, 0.2) is 0 Å². The van der Waals surface area contributed by atoms with Gasteiger partial charge in [-0.3, -0.25) is 14.5 Å². The fourth-order valence-electron chi connectivity index (χ4n) is 2.93. The molecule has 1 saturated heterocycles. The van der Waals surface area contributed by atoms with Crippen LogP contribution in [0.2, 0.25) is 0 Å². The van der Waals surface area contributed by atoms with Crippen LogP contribution in [0.4, 0.5) is 4.79 Å². The Hall–Kier alpha value is -1.47. The number of carbonyl (C=O) groups excluding carboxylic acids is 3. The lowest BCUT2D eigenvalue weighted by Gasteiger charge is -2.28. The SMILES string of the molecule is CN(C)C(=O)[N+](C)(C)ON1C(=O)C2CCCCC2C1=O. The van der Waals surface area contributed by atoms with E-state index in [2.05, 4.69) is 0 Å². The molecule has 112 valence electrons. The van der Waals surface area contributed by atoms with E-state index in [9.17, 15) is 14.4 Å². The van der Waals surface area contributed by atoms with Crippen LogP contribution < -0.4 is 0 Å². The lowest BCUT2D eigenvalue weighted by molar-refractivity contribution is -1.04. The minimum absolute atomic E-state index is 0.272. The molecule has 7 nitrogen and oxygen atoms in total. The Morgan fingerprint density at radius 3 is 2.00 bits per heavy atom. The number of nitrogens with zero attached hydrogens (tertiary/aromatic N) is 3. The molecular formula is C13H22N3O4+. The van der Waals surface area contributed by atoms with Gasteiger partial charge < -0.3 is 0 Å². The molecule has 2 unspecified atom stereocenters. The third-order valence-electron chi connectivity index (χ3n) is 3.93. The number of rotatable bonds is 2. The summed E-state index contributed by atoms with van der Waals surface area (Å²) in [6.45, 7) is 0. The van der Waals surface area contributed by atoms with Crippen LogP contribution in [-0.4, -0.2) is 60.6 Å². The van der Waals surface area contributed by atoms with Crippen molar-refractivity contribution in [2.75, 3.05) is 28.2 Å². The van der Waals surface area contributed by atoms with Crippen molar-refractivity contribution in [2.45, 2.75) is 25.7 Å². The predicted molar refractivity (Wildman–Crippen MR) is 69.6 cm³/mol. The minimum Gasteiger partial charge on any atom is -0.296 e. The summed E-state index contributed by atoms with van der Waals surface area (Å²) in [4.78, 5) is 43.3. The van der Waals surface area contributed by atoms with E-state index in [-0.39, 0.29) is 29.7 Å². The van der Waals surface area contributed by atoms with Crippen molar-refractivity contribution in [2.24, 2.45) is 11.8 Å². The fraction of sp³-hybridized carbons (Fsp3) is 0.769. The summed E-state index contributed by atoms with van der Waals surface area (Å²) in [5.74, 6) is -1.16. The molecule has 7 heteroatoms. The van der Waals surface area contributed by atoms with Crippen LogP contribution in [0, 0.1) is 11.8 Å². The summed E-state index contributed by atoms with van der Waals surface area (Å²) in [6, 6.07) is -0.347. The molecule has 2 atom stereocenters. The van der Waals surface area contributed by atoms with Crippen LogP contribution in [0.15, 0.2) is 0 Å². The van der Waals surface area contributed by atoms with Crippen LogP contribution >= 0.6 is 0 Å². The number of carbonyl (C=O) groups is 3. The zero-order valence-corrected chi connectivity index (χ0v) is 12.5. The average molecular weight is 284 g/mol. The first-order chi connectivity index (χ1) is 9.25. The summed E-state index contributed by atoms with van der Waals surface area (Å²) in [5.41, 5.74) is 0. The number of quaternary nitrogens is 1. The molecule has 2 fully saturated rings. The van der Waals surface area contributed by atoms with Crippen LogP contribution in [0.1, 0.15) is 25.7 Å². The van der Waals surface area contributed by atoms with E-state index in [0.717, 1.165) is 30.7 Å². The summed E-state index contributed by atoms with van der Waals surface area (Å²) in [6.07, 6.45) is 3.38. The van der Waals surface area contributed by atoms with Crippen molar-refractivity contribution in [1.82, 2.24) is 9.96 Å². The molecule has 0 spiro atoms. The Labute approximate surface area is 118 Å². The van der Waals surface area contributed by atoms with E-state index in [1.807, 2.05) is 0 Å². The quantitative estimate of drug-likeness (QED) is 0.427. The van der Waals surface area contributed by atoms with Gasteiger partial charge in [-0.1, -0.05) is 27.5 Å². The van der Waals surface area contributed by atoms with Gasteiger partial charge in [0, 0.05) is 14.1 Å². The van der Waals surface area contributed by atoms with Gasteiger partial charge >= 0.3 is 6.03 Å². The first-order valence-electron chi connectivity index (χ1n) is 6.89. The average Bonchev–Trinajstić information content (AvgIpc) is 2.63. The molecule has 0 aromatic carbocycles. The highest BCUT2D eigenvalue weighted by Crippen LogP contribution is 2.38. The maximum atomic E-state index is 12.3. The zero-order chi connectivity index (χ0) is 15.1. The number of hydrogen-bond acceptors (Lipinski definition) is 4. The summed E-state index contributed by atoms with van der Waals surface area (Å²) in [5, 5.41) is 0.808. The molecule has 0 aromatic rings. The van der Waals surface area contributed by atoms with Crippen molar-refractivity contribution in [1.29, 1.82) is 0 Å². The van der Waals surface area contributed by atoms with Gasteiger partial charge in [0.1, 0.15) is 14.1 Å². The van der Waals surface area contributed by atoms with Gasteiger partial charge in [-0.2, -0.15) is 0 Å². The topological polar surface area (TPSA) is 66.9 Å². The highest BCUT2D eigenvalue weighted by Gasteiger charge is 2.52. The molecule has 4 amide bonds. The van der Waals surface area contributed by atoms with Crippen molar-refractivity contribution >= 4 is 17.8 Å². The number of hydrogen-bond donors (Lipinski definition) is 0. The lowest BCUT2D eigenvalue weighted by Crippen LogP contribution is -2.55. The smallest absolute Gasteiger partial charge is 0.296 e. The first-order valence-corrected chi connectivity index (χ1v) is 6.89. The van der Waals surface area contributed by atoms with Crippen LogP contribution in [0.5, 0.6) is 0 Å². The zero-order valence-electron chi connectivity index (χ0n) is 12.5. The lowest BCUT2D eigenvalue weighted by atomic mass is 9.81. The molecule has 0 radical (unpaired) electrons. The first kappa shape index (κ1) is 14.9. The fourth-order valence-corrected chi connectivity index (χ4v) is 2.93. The third-order valence-corrected chi connectivity index (χ3v) is 3.93. The second-order valence-electron chi connectivity index (χ2n) is 6.08. The minimum atomic E-state index is -0.524. The monoisotopic (exact) mass is 284 g/mol. The molecule has 0 N–H and O–H groups in total. The third kappa shape index (κ3) is 2.43. The maximum Gasteiger partial charge on any atom is 0.452 e. The number of fused-ring (bicyclic) bond motifs is 1. The van der Waals surface area contributed by atoms with Gasteiger partial charge in [-0.05, 0) is 12.8 Å². The van der Waals surface area contributed by atoms with Crippen molar-refractivity contribution < 1.29 is 24.0 Å². The highest BCUT2D eigenvalue weighted by atomic mass is 16.9. The molecule has 2 rings (SSSR count). The summed E-state index contributed by atoms with van der Waals surface area (Å²) >= 11 is 0. The van der Waals surface area contributed by atoms with Crippen LogP contribution in [0.3, 0.4) is 0 Å². The normalized spacial score (nSPS) is 26.7. The van der Waals surface area contributed by atoms with E-state index in [1.54, 1.807) is 14.1 Å². The van der Waals surface area contributed by atoms with Gasteiger partial charge in [-0.25, -0.2) is 4.79 Å². The number of imide groups is 1. The van der Waals surface area contributed by atoms with E-state index >= 15 is 0 Å². The second-order valence-corrected chi connectivity index (χ2v) is 6.08. The van der Waals surface area contributed by atoms with Crippen LogP contribution in [-0.2, 0) is 14.5 Å². The molecule has 1 saturated carbocycles. The highest BCUT2D eigenvalue weighted by molar-refractivity contribution is 6.04. The molecule has 1 heterocycles. The van der Waals surface area contributed by atoms with E-state index < -0.39 is 4.65 Å². The standard InChI is InChI=1S/C13H22N3O4/c1-14(2)13(19)16(3,4)20-15-11(17)9-7-5-6-8-10(9)12(15)18/h9-10H,5-8H2,1-4H3/q+1. The van der Waals surface area contributed by atoms with Gasteiger partial charge in [0.2, 0.25) is 0 Å². The molecular weight excluding hydrogens is 262 g/mol. The Kier molecular flexibility index (Phi) is 3.84. The number of hydroxylamine groups is 5. The molecule has 0 bridgehead atoms. The van der Waals surface area contributed by atoms with E-state index in [0.29, 0.717) is 0 Å². The van der Waals surface area contributed by atoms with E-state index in [4.69, 9.17) is 4.94 Å². The molecule has 1 aliphatic heterocycles. The largest absolute Gasteiger partial charge is 0.452 e. The molecule has 0 aromatic heterocycles. The second kappa shape index (κ2) is 5.14. The van der Waals surface area contributed by atoms with Gasteiger partial charge in [0.25, 0.3) is 11.8 Å². The summed E-state index contributed by atoms with van der Waals surface area (Å²) < 4.78 is -0.524. The Balaban J connectivity index is 2.15. The number of amides is 4.